The van der Waals surface area contributed by atoms with Crippen molar-refractivity contribution in [1.82, 2.24) is 4.98 Å². The normalized spacial score (nSPS) is 11.1. The number of aromatic nitrogens is 1. The van der Waals surface area contributed by atoms with Gasteiger partial charge >= 0.3 is 0 Å². The minimum absolute atomic E-state index is 0.0600. The van der Waals surface area contributed by atoms with Crippen LogP contribution in [0.2, 0.25) is 0 Å². The van der Waals surface area contributed by atoms with Crippen LogP contribution in [0.1, 0.15) is 10.6 Å². The van der Waals surface area contributed by atoms with Crippen LogP contribution in [0, 0.1) is 17.5 Å². The predicted octanol–water partition coefficient (Wildman–Crippen LogP) is 4.30. The van der Waals surface area contributed by atoms with Gasteiger partial charge in [-0.2, -0.15) is 0 Å². The molecule has 2 aromatic carbocycles. The topological polar surface area (TPSA) is 12.9 Å². The highest BCUT2D eigenvalue weighted by Gasteiger charge is 2.17. The first-order valence-corrected chi connectivity index (χ1v) is 6.43. The average Bonchev–Trinajstić information content (AvgIpc) is 2.82. The summed E-state index contributed by atoms with van der Waals surface area (Å²) >= 11 is 1.05. The Morgan fingerprint density at radius 3 is 2.47 bits per heavy atom. The molecule has 0 amide bonds. The number of fused-ring (bicyclic) bond motifs is 1. The quantitative estimate of drug-likeness (QED) is 0.637. The fraction of sp³-hybridized carbons (Fsp3) is 0.0714. The molecule has 19 heavy (non-hydrogen) atoms. The van der Waals surface area contributed by atoms with Crippen molar-refractivity contribution in [2.45, 2.75) is 6.42 Å². The van der Waals surface area contributed by atoms with Crippen LogP contribution in [0.25, 0.3) is 10.2 Å². The van der Waals surface area contributed by atoms with Crippen LogP contribution in [-0.4, -0.2) is 4.98 Å². The lowest BCUT2D eigenvalue weighted by molar-refractivity contribution is 0.504. The first-order valence-electron chi connectivity index (χ1n) is 5.62. The molecule has 0 spiro atoms. The standard InChI is InChI=1S/C14H8F3NS/c15-9-7-10(16)14-13(12(9)17)18-11(19-14)6-8-4-2-1-3-5-8/h1-5,7H,6H2. The van der Waals surface area contributed by atoms with Crippen LogP contribution in [0.3, 0.4) is 0 Å². The monoisotopic (exact) mass is 279 g/mol. The Morgan fingerprint density at radius 2 is 1.74 bits per heavy atom. The molecular weight excluding hydrogens is 271 g/mol. The Balaban J connectivity index is 2.07. The second-order valence-corrected chi connectivity index (χ2v) is 5.19. The molecule has 0 atom stereocenters. The van der Waals surface area contributed by atoms with Crippen molar-refractivity contribution in [3.63, 3.8) is 0 Å². The SMILES string of the molecule is Fc1cc(F)c2sc(Cc3ccccc3)nc2c1F. The van der Waals surface area contributed by atoms with Gasteiger partial charge in [-0.3, -0.25) is 0 Å². The minimum atomic E-state index is -1.21. The molecule has 0 N–H and O–H groups in total. The van der Waals surface area contributed by atoms with Crippen molar-refractivity contribution in [1.29, 1.82) is 0 Å². The largest absolute Gasteiger partial charge is 0.238 e. The van der Waals surface area contributed by atoms with E-state index in [4.69, 9.17) is 0 Å². The Kier molecular flexibility index (Phi) is 2.98. The highest BCUT2D eigenvalue weighted by atomic mass is 32.1. The van der Waals surface area contributed by atoms with Crippen LogP contribution in [-0.2, 0) is 6.42 Å². The number of halogens is 3. The van der Waals surface area contributed by atoms with Crippen molar-refractivity contribution in [3.05, 3.63) is 64.4 Å². The smallest absolute Gasteiger partial charge is 0.186 e. The van der Waals surface area contributed by atoms with Crippen LogP contribution in [0.4, 0.5) is 13.2 Å². The Morgan fingerprint density at radius 1 is 1.00 bits per heavy atom. The number of hydrogen-bond acceptors (Lipinski definition) is 2. The molecule has 0 aliphatic heterocycles. The summed E-state index contributed by atoms with van der Waals surface area (Å²) in [5.74, 6) is -3.07. The second-order valence-electron chi connectivity index (χ2n) is 4.10. The molecular formula is C14H8F3NS. The third-order valence-corrected chi connectivity index (χ3v) is 3.82. The van der Waals surface area contributed by atoms with E-state index in [0.29, 0.717) is 17.5 Å². The Hall–Kier alpha value is -1.88. The zero-order valence-corrected chi connectivity index (χ0v) is 10.5. The molecule has 5 heteroatoms. The van der Waals surface area contributed by atoms with Crippen molar-refractivity contribution in [2.75, 3.05) is 0 Å². The van der Waals surface area contributed by atoms with Crippen molar-refractivity contribution in [2.24, 2.45) is 0 Å². The van der Waals surface area contributed by atoms with Crippen molar-refractivity contribution < 1.29 is 13.2 Å². The van der Waals surface area contributed by atoms with Gasteiger partial charge in [0.1, 0.15) is 11.3 Å². The average molecular weight is 279 g/mol. The molecule has 1 heterocycles. The van der Waals surface area contributed by atoms with Crippen molar-refractivity contribution >= 4 is 21.6 Å². The number of benzene rings is 2. The maximum absolute atomic E-state index is 13.5. The van der Waals surface area contributed by atoms with Gasteiger partial charge in [-0.1, -0.05) is 30.3 Å². The van der Waals surface area contributed by atoms with E-state index in [1.54, 1.807) is 0 Å². The highest BCUT2D eigenvalue weighted by Crippen LogP contribution is 2.29. The van der Waals surface area contributed by atoms with Gasteiger partial charge in [-0.15, -0.1) is 11.3 Å². The molecule has 0 saturated carbocycles. The molecule has 0 aliphatic carbocycles. The van der Waals surface area contributed by atoms with Crippen molar-refractivity contribution in [3.8, 4) is 0 Å². The maximum atomic E-state index is 13.5. The van der Waals surface area contributed by atoms with Gasteiger partial charge in [-0.05, 0) is 5.56 Å². The molecule has 0 radical (unpaired) electrons. The van der Waals surface area contributed by atoms with Gasteiger partial charge in [0.2, 0.25) is 0 Å². The van der Waals surface area contributed by atoms with Gasteiger partial charge in [0.25, 0.3) is 0 Å². The molecule has 96 valence electrons. The number of hydrogen-bond donors (Lipinski definition) is 0. The first kappa shape index (κ1) is 12.2. The zero-order chi connectivity index (χ0) is 13.4. The van der Waals surface area contributed by atoms with E-state index in [1.165, 1.54) is 0 Å². The lowest BCUT2D eigenvalue weighted by Crippen LogP contribution is -1.89. The summed E-state index contributed by atoms with van der Waals surface area (Å²) in [5, 5.41) is 0.560. The Bertz CT molecular complexity index is 737. The van der Waals surface area contributed by atoms with E-state index in [2.05, 4.69) is 4.98 Å². The van der Waals surface area contributed by atoms with E-state index in [0.717, 1.165) is 16.9 Å². The summed E-state index contributed by atoms with van der Waals surface area (Å²) < 4.78 is 40.2. The lowest BCUT2D eigenvalue weighted by Gasteiger charge is -1.95. The van der Waals surface area contributed by atoms with E-state index in [1.807, 2.05) is 30.3 Å². The van der Waals surface area contributed by atoms with E-state index >= 15 is 0 Å². The molecule has 0 unspecified atom stereocenters. The van der Waals surface area contributed by atoms with Crippen LogP contribution in [0.15, 0.2) is 36.4 Å². The summed E-state index contributed by atoms with van der Waals surface area (Å²) in [6, 6.07) is 10.0. The molecule has 0 bridgehead atoms. The fourth-order valence-corrected chi connectivity index (χ4v) is 2.87. The summed E-state index contributed by atoms with van der Waals surface area (Å²) in [6.45, 7) is 0. The fourth-order valence-electron chi connectivity index (χ4n) is 1.87. The predicted molar refractivity (Wildman–Crippen MR) is 68.7 cm³/mol. The lowest BCUT2D eigenvalue weighted by atomic mass is 10.2. The first-order chi connectivity index (χ1) is 9.15. The molecule has 1 aromatic heterocycles. The number of rotatable bonds is 2. The van der Waals surface area contributed by atoms with Crippen LogP contribution < -0.4 is 0 Å². The summed E-state index contributed by atoms with van der Waals surface area (Å²) in [6.07, 6.45) is 0.473. The van der Waals surface area contributed by atoms with E-state index < -0.39 is 17.5 Å². The molecule has 0 aliphatic rings. The zero-order valence-electron chi connectivity index (χ0n) is 9.66. The van der Waals surface area contributed by atoms with E-state index in [9.17, 15) is 13.2 Å². The third kappa shape index (κ3) is 2.21. The maximum Gasteiger partial charge on any atom is 0.186 e. The van der Waals surface area contributed by atoms with Gasteiger partial charge in [0.15, 0.2) is 11.6 Å². The third-order valence-electron chi connectivity index (χ3n) is 2.76. The van der Waals surface area contributed by atoms with Crippen LogP contribution in [0.5, 0.6) is 0 Å². The molecule has 0 saturated heterocycles. The second kappa shape index (κ2) is 4.66. The highest BCUT2D eigenvalue weighted by molar-refractivity contribution is 7.18. The van der Waals surface area contributed by atoms with E-state index in [-0.39, 0.29) is 10.2 Å². The van der Waals surface area contributed by atoms with Crippen LogP contribution >= 0.6 is 11.3 Å². The van der Waals surface area contributed by atoms with Gasteiger partial charge < -0.3 is 0 Å². The van der Waals surface area contributed by atoms with Gasteiger partial charge in [0.05, 0.1) is 9.71 Å². The minimum Gasteiger partial charge on any atom is -0.238 e. The summed E-state index contributed by atoms with van der Waals surface area (Å²) in [7, 11) is 0. The number of nitrogens with zero attached hydrogens (tertiary/aromatic N) is 1. The molecule has 0 fully saturated rings. The molecule has 3 aromatic rings. The Labute approximate surface area is 111 Å². The van der Waals surface area contributed by atoms with Gasteiger partial charge in [0, 0.05) is 12.5 Å². The molecule has 3 rings (SSSR count). The summed E-state index contributed by atoms with van der Waals surface area (Å²) in [4.78, 5) is 3.99. The van der Waals surface area contributed by atoms with Gasteiger partial charge in [-0.25, -0.2) is 18.2 Å². The molecule has 1 nitrogen and oxygen atoms in total. The number of thiazole rings is 1. The summed E-state index contributed by atoms with van der Waals surface area (Å²) in [5.41, 5.74) is 0.760.